The van der Waals surface area contributed by atoms with Gasteiger partial charge in [0.15, 0.2) is 5.11 Å². The number of thiocarbonyl (C=S) groups is 1. The Morgan fingerprint density at radius 1 is 1.41 bits per heavy atom. The Kier molecular flexibility index (Phi) is 5.88. The van der Waals surface area contributed by atoms with Crippen molar-refractivity contribution in [2.75, 3.05) is 32.5 Å². The summed E-state index contributed by atoms with van der Waals surface area (Å²) in [5.74, 6) is 0. The van der Waals surface area contributed by atoms with Crippen LogP contribution in [0.2, 0.25) is 0 Å². The molecule has 0 aromatic heterocycles. The van der Waals surface area contributed by atoms with Gasteiger partial charge in [0, 0.05) is 10.2 Å². The fourth-order valence-corrected chi connectivity index (χ4v) is 2.05. The van der Waals surface area contributed by atoms with Crippen molar-refractivity contribution in [3.8, 4) is 0 Å². The zero-order valence-electron chi connectivity index (χ0n) is 10.4. The summed E-state index contributed by atoms with van der Waals surface area (Å²) in [5, 5.41) is 7.07. The van der Waals surface area contributed by atoms with Gasteiger partial charge >= 0.3 is 0 Å². The quantitative estimate of drug-likeness (QED) is 0.729. The van der Waals surface area contributed by atoms with Crippen LogP contribution in [-0.4, -0.2) is 32.3 Å². The molecule has 94 valence electrons. The standard InChI is InChI=1S/C12H18BrN3S/c1-9-8-10(13)4-5-11(9)15-12(17)14-6-7-16(2)3/h4-5,8H,6-7H2,1-3H3,(H2,14,15,17)/p+1. The summed E-state index contributed by atoms with van der Waals surface area (Å²) >= 11 is 8.68. The van der Waals surface area contributed by atoms with Gasteiger partial charge in [0.2, 0.25) is 0 Å². The van der Waals surface area contributed by atoms with E-state index in [4.69, 9.17) is 12.2 Å². The minimum atomic E-state index is 0.677. The maximum atomic E-state index is 5.24. The summed E-state index contributed by atoms with van der Waals surface area (Å²) < 4.78 is 1.08. The van der Waals surface area contributed by atoms with Gasteiger partial charge in [-0.15, -0.1) is 0 Å². The van der Waals surface area contributed by atoms with Crippen molar-refractivity contribution in [3.63, 3.8) is 0 Å². The minimum Gasteiger partial charge on any atom is -0.357 e. The molecule has 0 fully saturated rings. The summed E-state index contributed by atoms with van der Waals surface area (Å²) in [6, 6.07) is 6.08. The van der Waals surface area contributed by atoms with E-state index in [0.29, 0.717) is 5.11 Å². The third-order valence-electron chi connectivity index (χ3n) is 2.35. The molecule has 3 N–H and O–H groups in total. The molecule has 0 amide bonds. The number of hydrogen-bond donors (Lipinski definition) is 3. The summed E-state index contributed by atoms with van der Waals surface area (Å²) in [7, 11) is 4.24. The monoisotopic (exact) mass is 316 g/mol. The molecule has 0 unspecified atom stereocenters. The van der Waals surface area contributed by atoms with Crippen LogP contribution < -0.4 is 15.5 Å². The Hall–Kier alpha value is -0.650. The zero-order valence-corrected chi connectivity index (χ0v) is 12.8. The van der Waals surface area contributed by atoms with E-state index < -0.39 is 0 Å². The fourth-order valence-electron chi connectivity index (χ4n) is 1.36. The maximum Gasteiger partial charge on any atom is 0.170 e. The lowest BCUT2D eigenvalue weighted by molar-refractivity contribution is -0.856. The molecule has 0 spiro atoms. The SMILES string of the molecule is Cc1cc(Br)ccc1NC(=S)NCC[NH+](C)C. The van der Waals surface area contributed by atoms with Gasteiger partial charge in [-0.1, -0.05) is 15.9 Å². The molecule has 0 aliphatic carbocycles. The van der Waals surface area contributed by atoms with Crippen molar-refractivity contribution in [2.24, 2.45) is 0 Å². The lowest BCUT2D eigenvalue weighted by atomic mass is 10.2. The Bertz CT molecular complexity index is 393. The molecule has 5 heteroatoms. The van der Waals surface area contributed by atoms with Crippen molar-refractivity contribution < 1.29 is 4.90 Å². The fraction of sp³-hybridized carbons (Fsp3) is 0.417. The summed E-state index contributed by atoms with van der Waals surface area (Å²) in [5.41, 5.74) is 2.21. The molecule has 17 heavy (non-hydrogen) atoms. The first-order valence-corrected chi connectivity index (χ1v) is 6.79. The zero-order chi connectivity index (χ0) is 12.8. The molecule has 1 rings (SSSR count). The highest BCUT2D eigenvalue weighted by Crippen LogP contribution is 2.19. The average molecular weight is 317 g/mol. The van der Waals surface area contributed by atoms with Gasteiger partial charge in [0.05, 0.1) is 27.2 Å². The number of halogens is 1. The molecule has 3 nitrogen and oxygen atoms in total. The number of aryl methyl sites for hydroxylation is 1. The largest absolute Gasteiger partial charge is 0.357 e. The van der Waals surface area contributed by atoms with E-state index in [2.05, 4.69) is 53.6 Å². The number of hydrogen-bond acceptors (Lipinski definition) is 1. The number of quaternary nitrogens is 1. The van der Waals surface area contributed by atoms with Crippen molar-refractivity contribution in [2.45, 2.75) is 6.92 Å². The van der Waals surface area contributed by atoms with Crippen LogP contribution in [0, 0.1) is 6.92 Å². The predicted octanol–water partition coefficient (Wildman–Crippen LogP) is 1.19. The second kappa shape index (κ2) is 6.93. The molecular formula is C12H19BrN3S+. The van der Waals surface area contributed by atoms with Gasteiger partial charge in [-0.25, -0.2) is 0 Å². The van der Waals surface area contributed by atoms with E-state index in [1.165, 1.54) is 10.5 Å². The van der Waals surface area contributed by atoms with Crippen LogP contribution >= 0.6 is 28.1 Å². The number of benzene rings is 1. The molecule has 0 radical (unpaired) electrons. The van der Waals surface area contributed by atoms with Gasteiger partial charge in [-0.3, -0.25) is 0 Å². The van der Waals surface area contributed by atoms with Crippen molar-refractivity contribution in [1.82, 2.24) is 5.32 Å². The van der Waals surface area contributed by atoms with Crippen molar-refractivity contribution in [3.05, 3.63) is 28.2 Å². The molecule has 1 aromatic rings. The van der Waals surface area contributed by atoms with Gasteiger partial charge < -0.3 is 15.5 Å². The topological polar surface area (TPSA) is 28.5 Å². The van der Waals surface area contributed by atoms with Gasteiger partial charge in [0.1, 0.15) is 0 Å². The first kappa shape index (κ1) is 14.4. The Balaban J connectivity index is 2.45. The van der Waals surface area contributed by atoms with E-state index in [9.17, 15) is 0 Å². The van der Waals surface area contributed by atoms with Gasteiger partial charge in [-0.05, 0) is 42.9 Å². The van der Waals surface area contributed by atoms with Crippen LogP contribution in [0.5, 0.6) is 0 Å². The highest BCUT2D eigenvalue weighted by molar-refractivity contribution is 9.10. The molecule has 0 aliphatic rings. The van der Waals surface area contributed by atoms with Crippen LogP contribution in [0.1, 0.15) is 5.56 Å². The van der Waals surface area contributed by atoms with E-state index in [0.717, 1.165) is 23.2 Å². The van der Waals surface area contributed by atoms with Crippen molar-refractivity contribution in [1.29, 1.82) is 0 Å². The lowest BCUT2D eigenvalue weighted by Crippen LogP contribution is -3.06. The van der Waals surface area contributed by atoms with Crippen LogP contribution in [0.4, 0.5) is 5.69 Å². The molecule has 0 atom stereocenters. The normalized spacial score (nSPS) is 10.4. The van der Waals surface area contributed by atoms with E-state index in [1.807, 2.05) is 12.1 Å². The molecule has 1 aromatic carbocycles. The molecule has 0 aliphatic heterocycles. The third-order valence-corrected chi connectivity index (χ3v) is 3.09. The Labute approximate surface area is 117 Å². The van der Waals surface area contributed by atoms with E-state index in [1.54, 1.807) is 0 Å². The highest BCUT2D eigenvalue weighted by Gasteiger charge is 2.02. The van der Waals surface area contributed by atoms with Crippen LogP contribution in [0.3, 0.4) is 0 Å². The van der Waals surface area contributed by atoms with E-state index >= 15 is 0 Å². The molecule has 0 saturated carbocycles. The molecule has 0 saturated heterocycles. The first-order valence-electron chi connectivity index (χ1n) is 5.59. The molecule has 0 bridgehead atoms. The maximum absolute atomic E-state index is 5.24. The average Bonchev–Trinajstić information content (AvgIpc) is 2.21. The van der Waals surface area contributed by atoms with Gasteiger partial charge in [0.25, 0.3) is 0 Å². The minimum absolute atomic E-state index is 0.677. The van der Waals surface area contributed by atoms with Crippen LogP contribution in [0.15, 0.2) is 22.7 Å². The Morgan fingerprint density at radius 3 is 2.71 bits per heavy atom. The number of anilines is 1. The number of likely N-dealkylation sites (N-methyl/N-ethyl adjacent to an activating group) is 1. The molecular weight excluding hydrogens is 298 g/mol. The van der Waals surface area contributed by atoms with E-state index in [-0.39, 0.29) is 0 Å². The summed E-state index contributed by atoms with van der Waals surface area (Å²) in [6.45, 7) is 3.98. The molecule has 0 heterocycles. The smallest absolute Gasteiger partial charge is 0.170 e. The summed E-state index contributed by atoms with van der Waals surface area (Å²) in [6.07, 6.45) is 0. The van der Waals surface area contributed by atoms with Crippen molar-refractivity contribution >= 4 is 38.9 Å². The summed E-state index contributed by atoms with van der Waals surface area (Å²) in [4.78, 5) is 1.40. The first-order chi connectivity index (χ1) is 7.99. The van der Waals surface area contributed by atoms with Crippen LogP contribution in [-0.2, 0) is 0 Å². The lowest BCUT2D eigenvalue weighted by Gasteiger charge is -2.13. The van der Waals surface area contributed by atoms with Gasteiger partial charge in [-0.2, -0.15) is 0 Å². The number of nitrogens with one attached hydrogen (secondary N) is 3. The third kappa shape index (κ3) is 5.48. The number of rotatable bonds is 4. The Morgan fingerprint density at radius 2 is 2.12 bits per heavy atom. The second-order valence-electron chi connectivity index (χ2n) is 4.30. The predicted molar refractivity (Wildman–Crippen MR) is 80.8 cm³/mol. The highest BCUT2D eigenvalue weighted by atomic mass is 79.9. The second-order valence-corrected chi connectivity index (χ2v) is 5.62. The van der Waals surface area contributed by atoms with Crippen LogP contribution in [0.25, 0.3) is 0 Å².